The molecule has 1 aromatic carbocycles. The van der Waals surface area contributed by atoms with Gasteiger partial charge in [0.25, 0.3) is 0 Å². The van der Waals surface area contributed by atoms with Gasteiger partial charge in [0.1, 0.15) is 6.04 Å². The zero-order valence-corrected chi connectivity index (χ0v) is 11.2. The lowest BCUT2D eigenvalue weighted by Gasteiger charge is -2.17. The third kappa shape index (κ3) is 4.44. The molecule has 0 saturated carbocycles. The van der Waals surface area contributed by atoms with Crippen LogP contribution in [0.3, 0.4) is 0 Å². The summed E-state index contributed by atoms with van der Waals surface area (Å²) in [7, 11) is 0. The minimum absolute atomic E-state index is 0.298. The van der Waals surface area contributed by atoms with Gasteiger partial charge in [-0.1, -0.05) is 37.0 Å². The van der Waals surface area contributed by atoms with E-state index < -0.39 is 12.0 Å². The number of anilines is 1. The Labute approximate surface area is 111 Å². The Kier molecular flexibility index (Phi) is 5.09. The molecule has 1 aromatic rings. The molecule has 5 heteroatoms. The first-order valence-corrected chi connectivity index (χ1v) is 6.10. The minimum Gasteiger partial charge on any atom is -0.480 e. The van der Waals surface area contributed by atoms with Gasteiger partial charge in [-0.2, -0.15) is 0 Å². The monoisotopic (exact) mass is 275 g/mol. The number of carboxylic acid groups (broad SMARTS) is 1. The van der Waals surface area contributed by atoms with Crippen molar-refractivity contribution in [1.82, 2.24) is 0 Å². The molecule has 0 bridgehead atoms. The fraction of sp³-hybridized carbons (Fsp3) is 0.417. The molecule has 0 heterocycles. The Bertz CT molecular complexity index is 407. The largest absolute Gasteiger partial charge is 0.480 e. The van der Waals surface area contributed by atoms with E-state index in [9.17, 15) is 4.79 Å². The third-order valence-corrected chi connectivity index (χ3v) is 3.00. The van der Waals surface area contributed by atoms with Gasteiger partial charge in [-0.25, -0.2) is 4.79 Å². The van der Waals surface area contributed by atoms with Crippen molar-refractivity contribution in [3.05, 3.63) is 28.2 Å². The topological polar surface area (TPSA) is 49.3 Å². The molecule has 0 saturated heterocycles. The molecule has 0 aliphatic heterocycles. The van der Waals surface area contributed by atoms with Crippen LogP contribution in [0.25, 0.3) is 0 Å². The van der Waals surface area contributed by atoms with Crippen molar-refractivity contribution in [2.24, 2.45) is 5.92 Å². The number of hydrogen-bond acceptors (Lipinski definition) is 2. The fourth-order valence-corrected chi connectivity index (χ4v) is 1.78. The van der Waals surface area contributed by atoms with E-state index in [1.165, 1.54) is 0 Å². The smallest absolute Gasteiger partial charge is 0.326 e. The van der Waals surface area contributed by atoms with Gasteiger partial charge in [-0.05, 0) is 30.5 Å². The second-order valence-electron chi connectivity index (χ2n) is 4.29. The molecule has 0 spiro atoms. The molecule has 0 aliphatic rings. The second-order valence-corrected chi connectivity index (χ2v) is 5.11. The third-order valence-electron chi connectivity index (χ3n) is 2.27. The van der Waals surface area contributed by atoms with E-state index >= 15 is 0 Å². The van der Waals surface area contributed by atoms with Crippen LogP contribution in [0.15, 0.2) is 18.2 Å². The highest BCUT2D eigenvalue weighted by Gasteiger charge is 2.18. The number of halogens is 2. The summed E-state index contributed by atoms with van der Waals surface area (Å²) < 4.78 is 0. The molecule has 0 radical (unpaired) electrons. The van der Waals surface area contributed by atoms with E-state index in [4.69, 9.17) is 28.3 Å². The van der Waals surface area contributed by atoms with Gasteiger partial charge in [0, 0.05) is 5.69 Å². The average molecular weight is 276 g/mol. The van der Waals surface area contributed by atoms with Crippen LogP contribution < -0.4 is 5.32 Å². The highest BCUT2D eigenvalue weighted by molar-refractivity contribution is 6.42. The van der Waals surface area contributed by atoms with Gasteiger partial charge < -0.3 is 10.4 Å². The van der Waals surface area contributed by atoms with Crippen LogP contribution in [-0.2, 0) is 4.79 Å². The average Bonchev–Trinajstić information content (AvgIpc) is 2.21. The number of rotatable bonds is 5. The molecule has 3 nitrogen and oxygen atoms in total. The number of carbonyl (C=O) groups is 1. The predicted molar refractivity (Wildman–Crippen MR) is 71.0 cm³/mol. The Hall–Kier alpha value is -0.930. The van der Waals surface area contributed by atoms with E-state index in [0.29, 0.717) is 28.1 Å². The van der Waals surface area contributed by atoms with Crippen molar-refractivity contribution in [3.8, 4) is 0 Å². The van der Waals surface area contributed by atoms with E-state index in [2.05, 4.69) is 5.32 Å². The summed E-state index contributed by atoms with van der Waals surface area (Å²) in [6.45, 7) is 3.96. The molecule has 94 valence electrons. The van der Waals surface area contributed by atoms with E-state index in [0.717, 1.165) is 0 Å². The van der Waals surface area contributed by atoms with Gasteiger partial charge >= 0.3 is 5.97 Å². The fourth-order valence-electron chi connectivity index (χ4n) is 1.48. The molecular formula is C12H15Cl2NO2. The summed E-state index contributed by atoms with van der Waals surface area (Å²) in [5, 5.41) is 12.9. The summed E-state index contributed by atoms with van der Waals surface area (Å²) in [5.41, 5.74) is 0.660. The SMILES string of the molecule is CC(C)C[C@H](Nc1ccc(Cl)c(Cl)c1)C(=O)O. The molecular weight excluding hydrogens is 261 g/mol. The molecule has 0 fully saturated rings. The summed E-state index contributed by atoms with van der Waals surface area (Å²) in [6.07, 6.45) is 0.551. The van der Waals surface area contributed by atoms with Crippen molar-refractivity contribution in [1.29, 1.82) is 0 Å². The molecule has 0 amide bonds. The number of benzene rings is 1. The van der Waals surface area contributed by atoms with Crippen LogP contribution in [-0.4, -0.2) is 17.1 Å². The maximum absolute atomic E-state index is 11.1. The van der Waals surface area contributed by atoms with Crippen molar-refractivity contribution >= 4 is 34.9 Å². The minimum atomic E-state index is -0.871. The molecule has 0 unspecified atom stereocenters. The summed E-state index contributed by atoms with van der Waals surface area (Å²) in [4.78, 5) is 11.1. The zero-order chi connectivity index (χ0) is 13.0. The van der Waals surface area contributed by atoms with Crippen LogP contribution >= 0.6 is 23.2 Å². The number of nitrogens with one attached hydrogen (secondary N) is 1. The quantitative estimate of drug-likeness (QED) is 0.857. The Morgan fingerprint density at radius 1 is 1.35 bits per heavy atom. The molecule has 2 N–H and O–H groups in total. The highest BCUT2D eigenvalue weighted by atomic mass is 35.5. The standard InChI is InChI=1S/C12H15Cl2NO2/c1-7(2)5-11(12(16)17)15-8-3-4-9(13)10(14)6-8/h3-4,6-7,11,15H,5H2,1-2H3,(H,16,17)/t11-/m0/s1. The van der Waals surface area contributed by atoms with Crippen LogP contribution in [0.5, 0.6) is 0 Å². The Morgan fingerprint density at radius 2 is 2.00 bits per heavy atom. The summed E-state index contributed by atoms with van der Waals surface area (Å²) in [6, 6.07) is 4.36. The maximum atomic E-state index is 11.1. The number of carboxylic acids is 1. The van der Waals surface area contributed by atoms with Crippen molar-refractivity contribution in [2.45, 2.75) is 26.3 Å². The number of aliphatic carboxylic acids is 1. The molecule has 17 heavy (non-hydrogen) atoms. The predicted octanol–water partition coefficient (Wildman–Crippen LogP) is 3.90. The normalized spacial score (nSPS) is 12.5. The van der Waals surface area contributed by atoms with Crippen molar-refractivity contribution in [3.63, 3.8) is 0 Å². The first-order chi connectivity index (χ1) is 7.90. The van der Waals surface area contributed by atoms with Crippen molar-refractivity contribution in [2.75, 3.05) is 5.32 Å². The summed E-state index contributed by atoms with van der Waals surface area (Å²) >= 11 is 11.7. The first-order valence-electron chi connectivity index (χ1n) is 5.34. The lowest BCUT2D eigenvalue weighted by atomic mass is 10.0. The number of hydrogen-bond donors (Lipinski definition) is 2. The first kappa shape index (κ1) is 14.1. The second kappa shape index (κ2) is 6.12. The molecule has 0 aromatic heterocycles. The highest BCUT2D eigenvalue weighted by Crippen LogP contribution is 2.25. The van der Waals surface area contributed by atoms with Gasteiger partial charge in [0.15, 0.2) is 0 Å². The lowest BCUT2D eigenvalue weighted by molar-refractivity contribution is -0.138. The zero-order valence-electron chi connectivity index (χ0n) is 9.71. The Balaban J connectivity index is 2.78. The molecule has 1 rings (SSSR count). The maximum Gasteiger partial charge on any atom is 0.326 e. The van der Waals surface area contributed by atoms with E-state index in [1.54, 1.807) is 18.2 Å². The Morgan fingerprint density at radius 3 is 2.47 bits per heavy atom. The van der Waals surface area contributed by atoms with E-state index in [-0.39, 0.29) is 0 Å². The van der Waals surface area contributed by atoms with Crippen LogP contribution in [0.2, 0.25) is 10.0 Å². The van der Waals surface area contributed by atoms with Crippen LogP contribution in [0.4, 0.5) is 5.69 Å². The van der Waals surface area contributed by atoms with E-state index in [1.807, 2.05) is 13.8 Å². The van der Waals surface area contributed by atoms with Gasteiger partial charge in [0.2, 0.25) is 0 Å². The molecule has 0 aliphatic carbocycles. The molecule has 1 atom stereocenters. The van der Waals surface area contributed by atoms with Crippen LogP contribution in [0.1, 0.15) is 20.3 Å². The van der Waals surface area contributed by atoms with Gasteiger partial charge in [0.05, 0.1) is 10.0 Å². The van der Waals surface area contributed by atoms with Crippen molar-refractivity contribution < 1.29 is 9.90 Å². The summed E-state index contributed by atoms with van der Waals surface area (Å²) in [5.74, 6) is -0.573. The van der Waals surface area contributed by atoms with Gasteiger partial charge in [-0.15, -0.1) is 0 Å². The van der Waals surface area contributed by atoms with Crippen LogP contribution in [0, 0.1) is 5.92 Å². The lowest BCUT2D eigenvalue weighted by Crippen LogP contribution is -2.30. The van der Waals surface area contributed by atoms with Gasteiger partial charge in [-0.3, -0.25) is 0 Å².